The molecule has 46 heavy (non-hydrogen) atoms. The van der Waals surface area contributed by atoms with Gasteiger partial charge < -0.3 is 19.8 Å². The van der Waals surface area contributed by atoms with E-state index in [1.807, 2.05) is 96.8 Å². The lowest BCUT2D eigenvalue weighted by molar-refractivity contribution is -0.145. The molecule has 4 aliphatic heterocycles. The van der Waals surface area contributed by atoms with Crippen molar-refractivity contribution < 1.29 is 19.5 Å². The van der Waals surface area contributed by atoms with Gasteiger partial charge in [-0.1, -0.05) is 98.8 Å². The van der Waals surface area contributed by atoms with Gasteiger partial charge in [-0.15, -0.1) is 11.8 Å². The van der Waals surface area contributed by atoms with Crippen molar-refractivity contribution >= 4 is 45.9 Å². The molecule has 1 spiro atoms. The van der Waals surface area contributed by atoms with Crippen molar-refractivity contribution in [2.24, 2.45) is 17.8 Å². The van der Waals surface area contributed by atoms with Gasteiger partial charge in [-0.3, -0.25) is 14.4 Å². The van der Waals surface area contributed by atoms with Crippen molar-refractivity contribution in [1.29, 1.82) is 0 Å². The third-order valence-electron chi connectivity index (χ3n) is 10.2. The highest BCUT2D eigenvalue weighted by molar-refractivity contribution is 8.02. The predicted octanol–water partition coefficient (Wildman–Crippen LogP) is 5.44. The molecule has 0 saturated carbocycles. The summed E-state index contributed by atoms with van der Waals surface area (Å²) < 4.78 is -1.66. The highest BCUT2D eigenvalue weighted by atomic mass is 32.2. The zero-order valence-electron chi connectivity index (χ0n) is 26.6. The summed E-state index contributed by atoms with van der Waals surface area (Å²) in [4.78, 5) is 49.9. The molecule has 3 amide bonds. The minimum Gasteiger partial charge on any atom is -0.394 e. The first-order chi connectivity index (χ1) is 22.2. The molecule has 4 aliphatic rings. The highest BCUT2D eigenvalue weighted by Crippen LogP contribution is 2.66. The number of rotatable bonds is 7. The third-order valence-corrected chi connectivity index (χ3v) is 12.0. The number of thioether (sulfide) groups is 1. The second kappa shape index (κ2) is 11.7. The smallest absolute Gasteiger partial charge is 0.251 e. The number of anilines is 1. The maximum atomic E-state index is 15.0. The molecule has 0 aromatic heterocycles. The van der Waals surface area contributed by atoms with Crippen LogP contribution in [0, 0.1) is 17.8 Å². The Hall–Kier alpha value is -3.88. The molecule has 7 rings (SSSR count). The largest absolute Gasteiger partial charge is 0.394 e. The summed E-state index contributed by atoms with van der Waals surface area (Å²) in [5.74, 6) is -1.69. The van der Waals surface area contributed by atoms with E-state index in [0.717, 1.165) is 22.0 Å². The molecule has 1 N–H and O–H groups in total. The zero-order valence-corrected chi connectivity index (χ0v) is 27.4. The molecule has 2 fully saturated rings. The summed E-state index contributed by atoms with van der Waals surface area (Å²) in [7, 11) is 0. The minimum absolute atomic E-state index is 0.0689. The SMILES string of the molecule is CC(C)C[C@H](CO)N1C(=O)[C@@H]2[C@@H]3C(=O)N(Cc4ccccc4)CC=C[C@]3(C)S[C@@]23C=CCN(c2ccc4ccccc4c2)C(=O)C13. The average molecular weight is 636 g/mol. The Bertz CT molecular complexity index is 1740. The Kier molecular flexibility index (Phi) is 7.84. The lowest BCUT2D eigenvalue weighted by Gasteiger charge is -2.40. The van der Waals surface area contributed by atoms with Crippen LogP contribution in [0.5, 0.6) is 0 Å². The molecule has 238 valence electrons. The number of aliphatic hydroxyl groups is 1. The van der Waals surface area contributed by atoms with Crippen LogP contribution >= 0.6 is 11.8 Å². The Morgan fingerprint density at radius 2 is 1.57 bits per heavy atom. The van der Waals surface area contributed by atoms with Crippen molar-refractivity contribution in [2.75, 3.05) is 24.6 Å². The molecule has 8 heteroatoms. The van der Waals surface area contributed by atoms with E-state index in [4.69, 9.17) is 0 Å². The quantitative estimate of drug-likeness (QED) is 0.350. The van der Waals surface area contributed by atoms with E-state index in [1.54, 1.807) is 21.6 Å². The van der Waals surface area contributed by atoms with Crippen molar-refractivity contribution in [3.8, 4) is 0 Å². The fraction of sp³-hybridized carbons (Fsp3) is 0.395. The van der Waals surface area contributed by atoms with Crippen LogP contribution in [-0.2, 0) is 20.9 Å². The monoisotopic (exact) mass is 635 g/mol. The molecule has 2 saturated heterocycles. The molecule has 0 aliphatic carbocycles. The van der Waals surface area contributed by atoms with E-state index in [0.29, 0.717) is 26.1 Å². The molecular weight excluding hydrogens is 595 g/mol. The number of hydrogen-bond donors (Lipinski definition) is 1. The van der Waals surface area contributed by atoms with Crippen LogP contribution in [0.4, 0.5) is 5.69 Å². The van der Waals surface area contributed by atoms with Crippen molar-refractivity contribution in [1.82, 2.24) is 9.80 Å². The van der Waals surface area contributed by atoms with Crippen LogP contribution < -0.4 is 4.90 Å². The summed E-state index contributed by atoms with van der Waals surface area (Å²) in [5, 5.41) is 12.8. The van der Waals surface area contributed by atoms with E-state index in [1.165, 1.54) is 0 Å². The molecule has 3 aromatic carbocycles. The van der Waals surface area contributed by atoms with E-state index < -0.39 is 33.4 Å². The number of carbonyl (C=O) groups is 3. The minimum atomic E-state index is -0.973. The number of aliphatic hydroxyl groups excluding tert-OH is 1. The summed E-state index contributed by atoms with van der Waals surface area (Å²) in [6.07, 6.45) is 8.74. The first kappa shape index (κ1) is 30.8. The van der Waals surface area contributed by atoms with Crippen LogP contribution in [0.15, 0.2) is 97.1 Å². The first-order valence-electron chi connectivity index (χ1n) is 16.3. The molecule has 0 radical (unpaired) electrons. The maximum absolute atomic E-state index is 15.0. The molecule has 6 atom stereocenters. The topological polar surface area (TPSA) is 81.2 Å². The van der Waals surface area contributed by atoms with Gasteiger partial charge in [0, 0.05) is 30.1 Å². The predicted molar refractivity (Wildman–Crippen MR) is 183 cm³/mol. The van der Waals surface area contributed by atoms with Crippen molar-refractivity contribution in [3.05, 3.63) is 103 Å². The molecule has 1 unspecified atom stereocenters. The van der Waals surface area contributed by atoms with Crippen molar-refractivity contribution in [2.45, 2.75) is 55.3 Å². The number of nitrogens with zero attached hydrogens (tertiary/aromatic N) is 3. The van der Waals surface area contributed by atoms with Crippen LogP contribution in [0.25, 0.3) is 10.8 Å². The molecule has 4 heterocycles. The summed E-state index contributed by atoms with van der Waals surface area (Å²) >= 11 is 1.58. The van der Waals surface area contributed by atoms with Crippen LogP contribution in [-0.4, -0.2) is 73.9 Å². The van der Waals surface area contributed by atoms with Gasteiger partial charge in [0.1, 0.15) is 6.04 Å². The zero-order chi connectivity index (χ0) is 32.2. The lowest BCUT2D eigenvalue weighted by atomic mass is 9.74. The van der Waals surface area contributed by atoms with Crippen LogP contribution in [0.3, 0.4) is 0 Å². The van der Waals surface area contributed by atoms with Gasteiger partial charge in [-0.05, 0) is 47.7 Å². The molecular formula is C38H41N3O4S. The Balaban J connectivity index is 1.34. The van der Waals surface area contributed by atoms with Gasteiger partial charge in [0.05, 0.1) is 29.2 Å². The normalized spacial score (nSPS) is 29.6. The highest BCUT2D eigenvalue weighted by Gasteiger charge is 2.74. The van der Waals surface area contributed by atoms with E-state index in [-0.39, 0.29) is 30.2 Å². The van der Waals surface area contributed by atoms with Gasteiger partial charge in [-0.2, -0.15) is 0 Å². The van der Waals surface area contributed by atoms with E-state index in [9.17, 15) is 14.7 Å². The second-order valence-electron chi connectivity index (χ2n) is 13.7. The molecule has 3 aromatic rings. The van der Waals surface area contributed by atoms with E-state index in [2.05, 4.69) is 26.0 Å². The number of likely N-dealkylation sites (tertiary alicyclic amines) is 1. The van der Waals surface area contributed by atoms with Crippen molar-refractivity contribution in [3.63, 3.8) is 0 Å². The fourth-order valence-corrected chi connectivity index (χ4v) is 10.4. The number of fused-ring (bicyclic) bond motifs is 3. The standard InChI is InChI=1S/C38H41N3O4S/c1-25(2)21-30(24-42)41-33-36(45)40(29-16-15-27-13-7-8-14-28(27)22-29)20-10-18-38(33)32(35(41)44)31-34(43)39(19-9-17-37(31,3)46-38)23-26-11-5-4-6-12-26/h4-18,22,25,30-33,42H,19-21,23-24H2,1-3H3/t30-,31-,32+,33?,37+,38+/m1/s1. The Morgan fingerprint density at radius 1 is 0.848 bits per heavy atom. The van der Waals surface area contributed by atoms with Crippen LogP contribution in [0.2, 0.25) is 0 Å². The number of benzene rings is 3. The molecule has 0 bridgehead atoms. The average Bonchev–Trinajstić information content (AvgIpc) is 3.33. The van der Waals surface area contributed by atoms with Gasteiger partial charge in [-0.25, -0.2) is 0 Å². The first-order valence-corrected chi connectivity index (χ1v) is 17.1. The fourth-order valence-electron chi connectivity index (χ4n) is 8.25. The Morgan fingerprint density at radius 3 is 2.30 bits per heavy atom. The summed E-state index contributed by atoms with van der Waals surface area (Å²) in [6.45, 7) is 7.16. The number of carbonyl (C=O) groups excluding carboxylic acids is 3. The number of hydrogen-bond acceptors (Lipinski definition) is 5. The third kappa shape index (κ3) is 4.88. The van der Waals surface area contributed by atoms with Gasteiger partial charge >= 0.3 is 0 Å². The second-order valence-corrected chi connectivity index (χ2v) is 15.5. The Labute approximate surface area is 274 Å². The summed E-state index contributed by atoms with van der Waals surface area (Å²) in [5.41, 5.74) is 1.79. The number of amides is 3. The van der Waals surface area contributed by atoms with E-state index >= 15 is 4.79 Å². The van der Waals surface area contributed by atoms with Gasteiger partial charge in [0.25, 0.3) is 5.91 Å². The molecule has 7 nitrogen and oxygen atoms in total. The summed E-state index contributed by atoms with van der Waals surface area (Å²) in [6, 6.07) is 22.6. The van der Waals surface area contributed by atoms with Gasteiger partial charge in [0.2, 0.25) is 11.8 Å². The van der Waals surface area contributed by atoms with Gasteiger partial charge in [0.15, 0.2) is 0 Å². The van der Waals surface area contributed by atoms with Crippen LogP contribution in [0.1, 0.15) is 32.8 Å². The lowest BCUT2D eigenvalue weighted by Crippen LogP contribution is -2.57. The maximum Gasteiger partial charge on any atom is 0.251 e.